The fourth-order valence-corrected chi connectivity index (χ4v) is 2.02. The quantitative estimate of drug-likeness (QED) is 0.467. The number of benzene rings is 1. The molecule has 0 aliphatic carbocycles. The molecule has 0 saturated carbocycles. The van der Waals surface area contributed by atoms with Gasteiger partial charge in [0.25, 0.3) is 5.91 Å². The molecule has 15 heavy (non-hydrogen) atoms. The number of hydrogen-bond acceptors (Lipinski definition) is 2. The molecule has 0 radical (unpaired) electrons. The number of rotatable bonds is 1. The Morgan fingerprint density at radius 3 is 2.73 bits per heavy atom. The van der Waals surface area contributed by atoms with Crippen molar-refractivity contribution in [1.29, 1.82) is 0 Å². The minimum atomic E-state index is -0.182. The molecular weight excluding hydrogens is 323 g/mol. The van der Waals surface area contributed by atoms with E-state index in [0.29, 0.717) is 10.8 Å². The van der Waals surface area contributed by atoms with Crippen LogP contribution in [0.25, 0.3) is 6.08 Å². The van der Waals surface area contributed by atoms with Gasteiger partial charge < -0.3 is 5.32 Å². The maximum atomic E-state index is 11.3. The summed E-state index contributed by atoms with van der Waals surface area (Å²) in [7, 11) is 0. The lowest BCUT2D eigenvalue weighted by Crippen LogP contribution is -2.21. The van der Waals surface area contributed by atoms with Crippen LogP contribution in [0.5, 0.6) is 0 Å². The van der Waals surface area contributed by atoms with E-state index in [2.05, 4.69) is 33.2 Å². The first-order valence-corrected chi connectivity index (χ1v) is 5.73. The maximum absolute atomic E-state index is 11.3. The van der Waals surface area contributed by atoms with Gasteiger partial charge in [-0.3, -0.25) is 10.1 Å². The van der Waals surface area contributed by atoms with Crippen molar-refractivity contribution in [2.45, 2.75) is 0 Å². The molecule has 1 aromatic rings. The summed E-state index contributed by atoms with van der Waals surface area (Å²) >= 11 is 7.06. The van der Waals surface area contributed by atoms with Gasteiger partial charge in [-0.1, -0.05) is 12.1 Å². The van der Waals surface area contributed by atoms with Gasteiger partial charge >= 0.3 is 0 Å². The van der Waals surface area contributed by atoms with Crippen LogP contribution < -0.4 is 10.6 Å². The number of carbonyl (C=O) groups excluding carboxylic acids is 1. The normalized spacial score (nSPS) is 17.8. The van der Waals surface area contributed by atoms with Crippen LogP contribution in [0.15, 0.2) is 30.0 Å². The minimum Gasteiger partial charge on any atom is -0.328 e. The Hall–Kier alpha value is -0.950. The second kappa shape index (κ2) is 4.28. The Morgan fingerprint density at radius 2 is 2.13 bits per heavy atom. The second-order valence-corrected chi connectivity index (χ2v) is 4.68. The van der Waals surface area contributed by atoms with Gasteiger partial charge in [-0.15, -0.1) is 0 Å². The Balaban J connectivity index is 2.31. The predicted molar refractivity (Wildman–Crippen MR) is 71.0 cm³/mol. The van der Waals surface area contributed by atoms with Gasteiger partial charge in [-0.25, -0.2) is 0 Å². The second-order valence-electron chi connectivity index (χ2n) is 3.02. The molecule has 1 aliphatic rings. The van der Waals surface area contributed by atoms with Gasteiger partial charge in [0.1, 0.15) is 5.70 Å². The predicted octanol–water partition coefficient (Wildman–Crippen LogP) is 1.64. The first-order valence-electron chi connectivity index (χ1n) is 4.25. The smallest absolute Gasteiger partial charge is 0.273 e. The van der Waals surface area contributed by atoms with E-state index in [9.17, 15) is 4.79 Å². The van der Waals surface area contributed by atoms with Crippen molar-refractivity contribution in [2.24, 2.45) is 0 Å². The van der Waals surface area contributed by atoms with Gasteiger partial charge in [0.2, 0.25) is 0 Å². The zero-order valence-corrected chi connectivity index (χ0v) is 10.6. The zero-order valence-electron chi connectivity index (χ0n) is 7.58. The van der Waals surface area contributed by atoms with Crippen molar-refractivity contribution in [3.8, 4) is 0 Å². The van der Waals surface area contributed by atoms with Crippen LogP contribution in [-0.4, -0.2) is 11.0 Å². The number of halogens is 1. The molecule has 0 atom stereocenters. The van der Waals surface area contributed by atoms with Gasteiger partial charge in [-0.05, 0) is 58.6 Å². The average molecular weight is 330 g/mol. The van der Waals surface area contributed by atoms with E-state index in [4.69, 9.17) is 12.2 Å². The molecule has 1 aliphatic heterocycles. The lowest BCUT2D eigenvalue weighted by molar-refractivity contribution is -0.115. The van der Waals surface area contributed by atoms with E-state index >= 15 is 0 Å². The third-order valence-corrected chi connectivity index (χ3v) is 2.75. The van der Waals surface area contributed by atoms with E-state index in [1.54, 1.807) is 6.08 Å². The van der Waals surface area contributed by atoms with Crippen molar-refractivity contribution in [3.05, 3.63) is 39.1 Å². The molecule has 76 valence electrons. The number of amides is 1. The summed E-state index contributed by atoms with van der Waals surface area (Å²) in [5.41, 5.74) is 1.46. The van der Waals surface area contributed by atoms with Crippen LogP contribution in [0.2, 0.25) is 0 Å². The van der Waals surface area contributed by atoms with Crippen LogP contribution in [0.1, 0.15) is 5.56 Å². The zero-order chi connectivity index (χ0) is 10.8. The third-order valence-electron chi connectivity index (χ3n) is 1.88. The summed E-state index contributed by atoms with van der Waals surface area (Å²) in [5, 5.41) is 5.67. The van der Waals surface area contributed by atoms with Crippen LogP contribution in [0, 0.1) is 3.57 Å². The molecule has 0 aromatic heterocycles. The minimum absolute atomic E-state index is 0.182. The molecular formula is C10H7IN2OS. The summed E-state index contributed by atoms with van der Waals surface area (Å²) < 4.78 is 1.13. The lowest BCUT2D eigenvalue weighted by Gasteiger charge is -1.97. The van der Waals surface area contributed by atoms with E-state index in [-0.39, 0.29) is 5.91 Å². The first kappa shape index (κ1) is 10.6. The average Bonchev–Trinajstić information content (AvgIpc) is 2.45. The summed E-state index contributed by atoms with van der Waals surface area (Å²) in [6.07, 6.45) is 1.77. The molecule has 1 amide bonds. The van der Waals surface area contributed by atoms with Crippen molar-refractivity contribution >= 4 is 51.9 Å². The van der Waals surface area contributed by atoms with Gasteiger partial charge in [0.05, 0.1) is 0 Å². The topological polar surface area (TPSA) is 41.1 Å². The highest BCUT2D eigenvalue weighted by Gasteiger charge is 2.19. The van der Waals surface area contributed by atoms with E-state index in [1.165, 1.54) is 0 Å². The van der Waals surface area contributed by atoms with Gasteiger partial charge in [-0.2, -0.15) is 0 Å². The number of thiocarbonyl (C=S) groups is 1. The van der Waals surface area contributed by atoms with E-state index in [0.717, 1.165) is 9.13 Å². The number of nitrogens with one attached hydrogen (secondary N) is 2. The fourth-order valence-electron chi connectivity index (χ4n) is 1.25. The van der Waals surface area contributed by atoms with E-state index in [1.807, 2.05) is 24.3 Å². The van der Waals surface area contributed by atoms with Crippen molar-refractivity contribution in [1.82, 2.24) is 10.6 Å². The molecule has 0 spiro atoms. The summed E-state index contributed by atoms with van der Waals surface area (Å²) in [4.78, 5) is 11.3. The SMILES string of the molecule is O=C1NC(=S)N/C1=C\c1cccc(I)c1. The molecule has 1 saturated heterocycles. The van der Waals surface area contributed by atoms with E-state index < -0.39 is 0 Å². The molecule has 1 heterocycles. The lowest BCUT2D eigenvalue weighted by atomic mass is 10.2. The fraction of sp³-hybridized carbons (Fsp3) is 0. The van der Waals surface area contributed by atoms with Crippen molar-refractivity contribution < 1.29 is 4.79 Å². The molecule has 1 fully saturated rings. The van der Waals surface area contributed by atoms with Crippen molar-refractivity contribution in [3.63, 3.8) is 0 Å². The Bertz CT molecular complexity index is 470. The number of carbonyl (C=O) groups is 1. The largest absolute Gasteiger partial charge is 0.328 e. The first-order chi connectivity index (χ1) is 7.15. The van der Waals surface area contributed by atoms with Crippen LogP contribution >= 0.6 is 34.8 Å². The molecule has 2 N–H and O–H groups in total. The molecule has 0 unspecified atom stereocenters. The highest BCUT2D eigenvalue weighted by Crippen LogP contribution is 2.12. The third kappa shape index (κ3) is 2.54. The highest BCUT2D eigenvalue weighted by atomic mass is 127. The van der Waals surface area contributed by atoms with Crippen LogP contribution in [0.3, 0.4) is 0 Å². The summed E-state index contributed by atoms with van der Waals surface area (Å²) in [6, 6.07) is 7.87. The highest BCUT2D eigenvalue weighted by molar-refractivity contribution is 14.1. The van der Waals surface area contributed by atoms with Crippen molar-refractivity contribution in [2.75, 3.05) is 0 Å². The maximum Gasteiger partial charge on any atom is 0.273 e. The molecule has 3 nitrogen and oxygen atoms in total. The molecule has 0 bridgehead atoms. The van der Waals surface area contributed by atoms with Gasteiger partial charge in [0, 0.05) is 3.57 Å². The summed E-state index contributed by atoms with van der Waals surface area (Å²) in [6.45, 7) is 0. The van der Waals surface area contributed by atoms with Crippen LogP contribution in [0.4, 0.5) is 0 Å². The van der Waals surface area contributed by atoms with Crippen LogP contribution in [-0.2, 0) is 4.79 Å². The Labute approximate surface area is 106 Å². The Kier molecular flexibility index (Phi) is 3.01. The molecule has 1 aromatic carbocycles. The molecule has 2 rings (SSSR count). The number of hydrogen-bond donors (Lipinski definition) is 2. The molecule has 5 heteroatoms. The monoisotopic (exact) mass is 330 g/mol. The summed E-state index contributed by atoms with van der Waals surface area (Å²) in [5.74, 6) is -0.182. The standard InChI is InChI=1S/C10H7IN2OS/c11-7-3-1-2-6(4-7)5-8-9(14)13-10(15)12-8/h1-5H,(H2,12,13,14,15)/b8-5-. The van der Waals surface area contributed by atoms with Gasteiger partial charge in [0.15, 0.2) is 5.11 Å². The Morgan fingerprint density at radius 1 is 1.33 bits per heavy atom.